The van der Waals surface area contributed by atoms with Crippen molar-refractivity contribution in [3.05, 3.63) is 33.8 Å². The number of hydrogen-bond donors (Lipinski definition) is 4. The maximum Gasteiger partial charge on any atom is 0.290 e. The average Bonchev–Trinajstić information content (AvgIpc) is 2.73. The maximum atomic E-state index is 12.4. The Morgan fingerprint density at radius 1 is 1.27 bits per heavy atom. The molecule has 2 aliphatic heterocycles. The Balaban J connectivity index is 0.00000101. The largest absolute Gasteiger partial charge is 0.483 e. The van der Waals surface area contributed by atoms with Gasteiger partial charge in [0.1, 0.15) is 6.10 Å². The van der Waals surface area contributed by atoms with Gasteiger partial charge in [-0.3, -0.25) is 14.4 Å². The van der Waals surface area contributed by atoms with Crippen molar-refractivity contribution in [1.82, 2.24) is 10.2 Å². The lowest BCUT2D eigenvalue weighted by Crippen LogP contribution is -2.60. The molecule has 9 nitrogen and oxygen atoms in total. The van der Waals surface area contributed by atoms with Gasteiger partial charge >= 0.3 is 0 Å². The SMILES string of the molecule is O=C(NCC(=O)N1CCC2(CC1)OCC[C@H](O)[C@@H]2O)c1cc(Cl)ccc1Cl.O=CO. The molecule has 0 saturated carbocycles. The third-order valence-corrected chi connectivity index (χ3v) is 5.81. The van der Waals surface area contributed by atoms with Crippen molar-refractivity contribution in [1.29, 1.82) is 0 Å². The molecule has 30 heavy (non-hydrogen) atoms. The second-order valence-electron chi connectivity index (χ2n) is 7.01. The summed E-state index contributed by atoms with van der Waals surface area (Å²) < 4.78 is 5.75. The summed E-state index contributed by atoms with van der Waals surface area (Å²) >= 11 is 11.9. The fourth-order valence-electron chi connectivity index (χ4n) is 3.59. The summed E-state index contributed by atoms with van der Waals surface area (Å²) in [6.45, 7) is 0.746. The van der Waals surface area contributed by atoms with Crippen LogP contribution in [-0.2, 0) is 14.3 Å². The van der Waals surface area contributed by atoms with Crippen molar-refractivity contribution in [2.75, 3.05) is 26.2 Å². The van der Waals surface area contributed by atoms with Crippen molar-refractivity contribution < 1.29 is 34.4 Å². The van der Waals surface area contributed by atoms with Crippen LogP contribution >= 0.6 is 23.2 Å². The molecule has 0 aromatic heterocycles. The number of piperidine rings is 1. The van der Waals surface area contributed by atoms with Crippen molar-refractivity contribution in [3.8, 4) is 0 Å². The van der Waals surface area contributed by atoms with Crippen LogP contribution in [-0.4, -0.2) is 82.6 Å². The average molecular weight is 463 g/mol. The van der Waals surface area contributed by atoms with Crippen molar-refractivity contribution in [3.63, 3.8) is 0 Å². The number of carbonyl (C=O) groups is 3. The number of carbonyl (C=O) groups excluding carboxylic acids is 2. The van der Waals surface area contributed by atoms with Crippen LogP contribution in [0.5, 0.6) is 0 Å². The third-order valence-electron chi connectivity index (χ3n) is 5.24. The molecule has 2 saturated heterocycles. The fraction of sp³-hybridized carbons (Fsp3) is 0.526. The fourth-order valence-corrected chi connectivity index (χ4v) is 3.96. The molecule has 0 bridgehead atoms. The van der Waals surface area contributed by atoms with Crippen LogP contribution in [0.4, 0.5) is 0 Å². The van der Waals surface area contributed by atoms with Gasteiger partial charge in [-0.25, -0.2) is 0 Å². The molecule has 0 aliphatic carbocycles. The molecule has 3 rings (SSSR count). The predicted molar refractivity (Wildman–Crippen MR) is 109 cm³/mol. The molecule has 1 aromatic rings. The number of aliphatic hydroxyl groups excluding tert-OH is 2. The minimum atomic E-state index is -0.951. The smallest absolute Gasteiger partial charge is 0.290 e. The molecule has 0 radical (unpaired) electrons. The van der Waals surface area contributed by atoms with Gasteiger partial charge in [0.2, 0.25) is 5.91 Å². The van der Waals surface area contributed by atoms with E-state index in [4.69, 9.17) is 37.8 Å². The highest BCUT2D eigenvalue weighted by atomic mass is 35.5. The van der Waals surface area contributed by atoms with Crippen LogP contribution < -0.4 is 5.32 Å². The first-order chi connectivity index (χ1) is 14.2. The molecule has 1 aromatic carbocycles. The molecule has 11 heteroatoms. The summed E-state index contributed by atoms with van der Waals surface area (Å²) in [6, 6.07) is 4.55. The van der Waals surface area contributed by atoms with E-state index in [2.05, 4.69) is 5.32 Å². The van der Waals surface area contributed by atoms with Crippen LogP contribution in [0, 0.1) is 0 Å². The summed E-state index contributed by atoms with van der Waals surface area (Å²) in [5.74, 6) is -0.708. The van der Waals surface area contributed by atoms with Crippen LogP contribution in [0.15, 0.2) is 18.2 Å². The molecule has 2 amide bonds. The predicted octanol–water partition coefficient (Wildman–Crippen LogP) is 0.927. The van der Waals surface area contributed by atoms with Crippen LogP contribution in [0.25, 0.3) is 0 Å². The number of rotatable bonds is 3. The van der Waals surface area contributed by atoms with E-state index in [1.54, 1.807) is 11.0 Å². The van der Waals surface area contributed by atoms with Crippen LogP contribution in [0.3, 0.4) is 0 Å². The quantitative estimate of drug-likeness (QED) is 0.490. The number of likely N-dealkylation sites (tertiary alicyclic amines) is 1. The van der Waals surface area contributed by atoms with Crippen LogP contribution in [0.2, 0.25) is 10.0 Å². The molecule has 2 atom stereocenters. The van der Waals surface area contributed by atoms with E-state index in [0.717, 1.165) is 0 Å². The summed E-state index contributed by atoms with van der Waals surface area (Å²) in [7, 11) is 0. The van der Waals surface area contributed by atoms with Crippen molar-refractivity contribution in [2.45, 2.75) is 37.1 Å². The molecule has 166 valence electrons. The van der Waals surface area contributed by atoms with Gasteiger partial charge in [0.05, 0.1) is 35.4 Å². The number of amides is 2. The monoisotopic (exact) mass is 462 g/mol. The first-order valence-electron chi connectivity index (χ1n) is 9.33. The van der Waals surface area contributed by atoms with Crippen molar-refractivity contribution >= 4 is 41.5 Å². The second-order valence-corrected chi connectivity index (χ2v) is 7.85. The number of halogens is 2. The lowest BCUT2D eigenvalue weighted by Gasteiger charge is -2.48. The third kappa shape index (κ3) is 5.83. The highest BCUT2D eigenvalue weighted by Crippen LogP contribution is 2.35. The number of aliphatic hydroxyl groups is 2. The number of nitrogens with zero attached hydrogens (tertiary/aromatic N) is 1. The highest BCUT2D eigenvalue weighted by Gasteiger charge is 2.48. The summed E-state index contributed by atoms with van der Waals surface area (Å²) in [5, 5.41) is 30.2. The highest BCUT2D eigenvalue weighted by molar-refractivity contribution is 6.35. The Morgan fingerprint density at radius 2 is 1.90 bits per heavy atom. The van der Waals surface area contributed by atoms with E-state index in [1.165, 1.54) is 12.1 Å². The van der Waals surface area contributed by atoms with E-state index in [0.29, 0.717) is 44.0 Å². The van der Waals surface area contributed by atoms with E-state index in [1.807, 2.05) is 0 Å². The van der Waals surface area contributed by atoms with E-state index in [-0.39, 0.29) is 29.5 Å². The molecule has 2 aliphatic rings. The Bertz CT molecular complexity index is 769. The summed E-state index contributed by atoms with van der Waals surface area (Å²) in [5.41, 5.74) is -0.589. The topological polar surface area (TPSA) is 136 Å². The Labute approximate surface area is 183 Å². The van der Waals surface area contributed by atoms with Crippen LogP contribution in [0.1, 0.15) is 29.6 Å². The molecule has 2 fully saturated rings. The standard InChI is InChI=1S/C18H22Cl2N2O5.CH2O2/c19-11-1-2-13(20)12(9-11)17(26)21-10-15(24)22-6-4-18(5-7-22)16(25)14(23)3-8-27-18;2-1-3/h1-2,9,14,16,23,25H,3-8,10H2,(H,21,26);1H,(H,2,3)/t14-,16-;/m0./s1. The van der Waals surface area contributed by atoms with Gasteiger partial charge in [0.25, 0.3) is 12.4 Å². The lowest BCUT2D eigenvalue weighted by atomic mass is 9.80. The Hall–Kier alpha value is -1.91. The molecular weight excluding hydrogens is 439 g/mol. The maximum absolute atomic E-state index is 12.4. The lowest BCUT2D eigenvalue weighted by molar-refractivity contribution is -0.214. The molecule has 2 heterocycles. The number of ether oxygens (including phenoxy) is 1. The number of nitrogens with one attached hydrogen (secondary N) is 1. The molecule has 4 N–H and O–H groups in total. The number of hydrogen-bond acceptors (Lipinski definition) is 6. The minimum Gasteiger partial charge on any atom is -0.483 e. The number of benzene rings is 1. The summed E-state index contributed by atoms with van der Waals surface area (Å²) in [4.78, 5) is 34.6. The van der Waals surface area contributed by atoms with Crippen molar-refractivity contribution in [2.24, 2.45) is 0 Å². The van der Waals surface area contributed by atoms with E-state index < -0.39 is 23.7 Å². The first-order valence-corrected chi connectivity index (χ1v) is 10.1. The second kappa shape index (κ2) is 10.9. The van der Waals surface area contributed by atoms with Gasteiger partial charge in [-0.15, -0.1) is 0 Å². The number of carboxylic acid groups (broad SMARTS) is 1. The zero-order valence-corrected chi connectivity index (χ0v) is 17.6. The minimum absolute atomic E-state index is 0.166. The van der Waals surface area contributed by atoms with Gasteiger partial charge < -0.3 is 30.3 Å². The van der Waals surface area contributed by atoms with E-state index >= 15 is 0 Å². The Kier molecular flexibility index (Phi) is 8.87. The molecule has 0 unspecified atom stereocenters. The summed E-state index contributed by atoms with van der Waals surface area (Å²) in [6.07, 6.45) is -0.476. The normalized spacial score (nSPS) is 22.6. The first kappa shape index (κ1) is 24.4. The van der Waals surface area contributed by atoms with Gasteiger partial charge in [0.15, 0.2) is 0 Å². The zero-order valence-electron chi connectivity index (χ0n) is 16.1. The van der Waals surface area contributed by atoms with Gasteiger partial charge in [-0.05, 0) is 37.5 Å². The van der Waals surface area contributed by atoms with E-state index in [9.17, 15) is 19.8 Å². The zero-order chi connectivity index (χ0) is 22.3. The molecular formula is C19H24Cl2N2O7. The Morgan fingerprint density at radius 3 is 2.53 bits per heavy atom. The molecule has 1 spiro atoms. The van der Waals surface area contributed by atoms with Gasteiger partial charge in [-0.2, -0.15) is 0 Å². The van der Waals surface area contributed by atoms with Gasteiger partial charge in [-0.1, -0.05) is 23.2 Å². The van der Waals surface area contributed by atoms with Gasteiger partial charge in [0, 0.05) is 18.1 Å².